The second kappa shape index (κ2) is 6.08. The number of pyridine rings is 1. The van der Waals surface area contributed by atoms with E-state index in [0.29, 0.717) is 16.8 Å². The van der Waals surface area contributed by atoms with Crippen LogP contribution in [-0.2, 0) is 0 Å². The van der Waals surface area contributed by atoms with Gasteiger partial charge in [0.2, 0.25) is 5.43 Å². The standard InChI is InChI=1S/C18H14FN3O2/c1-11-4-2-7-14(19)18(11)12-5-3-6-13(8-12)22-10-15(21-24)16(23)9-17(22)20/h2-10H,20H2,1H3. The molecule has 0 amide bonds. The number of nitroso groups, excluding NO2 is 1. The molecule has 0 aliphatic heterocycles. The molecule has 1 aromatic heterocycles. The smallest absolute Gasteiger partial charge is 0.212 e. The van der Waals surface area contributed by atoms with Gasteiger partial charge in [-0.15, -0.1) is 4.91 Å². The minimum absolute atomic E-state index is 0.162. The van der Waals surface area contributed by atoms with Gasteiger partial charge in [0.15, 0.2) is 5.69 Å². The van der Waals surface area contributed by atoms with Gasteiger partial charge in [0.05, 0.1) is 0 Å². The van der Waals surface area contributed by atoms with Crippen molar-refractivity contribution in [2.24, 2.45) is 5.18 Å². The van der Waals surface area contributed by atoms with Crippen LogP contribution < -0.4 is 11.2 Å². The fourth-order valence-electron chi connectivity index (χ4n) is 2.64. The van der Waals surface area contributed by atoms with E-state index in [1.807, 2.05) is 13.0 Å². The first-order valence-corrected chi connectivity index (χ1v) is 7.22. The zero-order valence-corrected chi connectivity index (χ0v) is 12.9. The van der Waals surface area contributed by atoms with Crippen molar-refractivity contribution in [2.45, 2.75) is 6.92 Å². The van der Waals surface area contributed by atoms with Gasteiger partial charge in [-0.25, -0.2) is 4.39 Å². The number of halogens is 1. The first-order valence-electron chi connectivity index (χ1n) is 7.22. The van der Waals surface area contributed by atoms with E-state index < -0.39 is 5.43 Å². The Morgan fingerprint density at radius 2 is 1.88 bits per heavy atom. The third-order valence-electron chi connectivity index (χ3n) is 3.79. The molecule has 0 aliphatic carbocycles. The molecular formula is C18H14FN3O2. The van der Waals surface area contributed by atoms with Crippen LogP contribution in [0.2, 0.25) is 0 Å². The Kier molecular flexibility index (Phi) is 3.95. The molecule has 6 heteroatoms. The zero-order chi connectivity index (χ0) is 17.3. The average Bonchev–Trinajstić information content (AvgIpc) is 2.55. The summed E-state index contributed by atoms with van der Waals surface area (Å²) >= 11 is 0. The molecule has 24 heavy (non-hydrogen) atoms. The van der Waals surface area contributed by atoms with Crippen molar-refractivity contribution in [1.29, 1.82) is 0 Å². The number of nitrogens with zero attached hydrogens (tertiary/aromatic N) is 2. The maximum atomic E-state index is 14.2. The van der Waals surface area contributed by atoms with Crippen molar-refractivity contribution >= 4 is 11.5 Å². The molecule has 0 radical (unpaired) electrons. The molecule has 0 fully saturated rings. The second-order valence-corrected chi connectivity index (χ2v) is 5.39. The number of benzene rings is 2. The molecule has 120 valence electrons. The molecule has 0 spiro atoms. The van der Waals surface area contributed by atoms with Gasteiger partial charge in [-0.2, -0.15) is 0 Å². The Hall–Kier alpha value is -3.28. The molecule has 2 N–H and O–H groups in total. The van der Waals surface area contributed by atoms with Gasteiger partial charge in [-0.3, -0.25) is 4.79 Å². The van der Waals surface area contributed by atoms with E-state index in [1.54, 1.807) is 30.3 Å². The van der Waals surface area contributed by atoms with E-state index >= 15 is 0 Å². The highest BCUT2D eigenvalue weighted by Gasteiger charge is 2.11. The highest BCUT2D eigenvalue weighted by molar-refractivity contribution is 5.70. The quantitative estimate of drug-likeness (QED) is 0.742. The van der Waals surface area contributed by atoms with Crippen LogP contribution >= 0.6 is 0 Å². The van der Waals surface area contributed by atoms with Crippen LogP contribution in [0.1, 0.15) is 5.56 Å². The summed E-state index contributed by atoms with van der Waals surface area (Å²) in [5, 5.41) is 2.71. The zero-order valence-electron chi connectivity index (χ0n) is 12.9. The summed E-state index contributed by atoms with van der Waals surface area (Å²) in [7, 11) is 0. The lowest BCUT2D eigenvalue weighted by atomic mass is 9.99. The molecule has 0 atom stereocenters. The molecule has 3 aromatic rings. The maximum Gasteiger partial charge on any atom is 0.212 e. The van der Waals surface area contributed by atoms with E-state index in [9.17, 15) is 14.1 Å². The normalized spacial score (nSPS) is 10.6. The summed E-state index contributed by atoms with van der Waals surface area (Å²) in [4.78, 5) is 22.3. The predicted molar refractivity (Wildman–Crippen MR) is 92.0 cm³/mol. The van der Waals surface area contributed by atoms with E-state index in [-0.39, 0.29) is 17.3 Å². The predicted octanol–water partition coefficient (Wildman–Crippen LogP) is 3.93. The number of nitrogens with two attached hydrogens (primary N) is 1. The van der Waals surface area contributed by atoms with Crippen LogP contribution in [0, 0.1) is 17.6 Å². The first-order chi connectivity index (χ1) is 11.5. The molecule has 3 rings (SSSR count). The lowest BCUT2D eigenvalue weighted by Gasteiger charge is -2.13. The topological polar surface area (TPSA) is 77.5 Å². The first kappa shape index (κ1) is 15.6. The number of hydrogen-bond donors (Lipinski definition) is 1. The summed E-state index contributed by atoms with van der Waals surface area (Å²) in [6.07, 6.45) is 1.28. The number of nitrogen functional groups attached to an aromatic ring is 1. The SMILES string of the molecule is Cc1cccc(F)c1-c1cccc(-n2cc(N=O)c(=O)cc2N)c1. The third kappa shape index (κ3) is 2.69. The highest BCUT2D eigenvalue weighted by Crippen LogP contribution is 2.28. The van der Waals surface area contributed by atoms with Crippen molar-refractivity contribution in [2.75, 3.05) is 5.73 Å². The maximum absolute atomic E-state index is 14.2. The number of rotatable bonds is 3. The summed E-state index contributed by atoms with van der Waals surface area (Å²) in [5.41, 5.74) is 7.65. The Labute approximate surface area is 137 Å². The van der Waals surface area contributed by atoms with Crippen LogP contribution in [0.3, 0.4) is 0 Å². The largest absolute Gasteiger partial charge is 0.385 e. The number of hydrogen-bond acceptors (Lipinski definition) is 4. The van der Waals surface area contributed by atoms with Crippen LogP contribution in [0.15, 0.2) is 64.7 Å². The van der Waals surface area contributed by atoms with Crippen LogP contribution in [0.4, 0.5) is 15.9 Å². The van der Waals surface area contributed by atoms with Crippen LogP contribution in [0.25, 0.3) is 16.8 Å². The molecule has 1 heterocycles. The monoisotopic (exact) mass is 323 g/mol. The number of anilines is 1. The molecule has 5 nitrogen and oxygen atoms in total. The molecule has 2 aromatic carbocycles. The summed E-state index contributed by atoms with van der Waals surface area (Å²) in [6.45, 7) is 1.83. The molecule has 0 bridgehead atoms. The van der Waals surface area contributed by atoms with Gasteiger partial charge in [0.25, 0.3) is 0 Å². The van der Waals surface area contributed by atoms with Gasteiger partial charge >= 0.3 is 0 Å². The van der Waals surface area contributed by atoms with Crippen molar-refractivity contribution in [3.63, 3.8) is 0 Å². The lowest BCUT2D eigenvalue weighted by Crippen LogP contribution is -2.10. The summed E-state index contributed by atoms with van der Waals surface area (Å²) in [5.74, 6) is -0.162. The summed E-state index contributed by atoms with van der Waals surface area (Å²) < 4.78 is 15.7. The number of aromatic nitrogens is 1. The Bertz CT molecular complexity index is 976. The summed E-state index contributed by atoms with van der Waals surface area (Å²) in [6, 6.07) is 13.0. The molecular weight excluding hydrogens is 309 g/mol. The van der Waals surface area contributed by atoms with E-state index in [4.69, 9.17) is 5.73 Å². The molecule has 0 saturated heterocycles. The van der Waals surface area contributed by atoms with Gasteiger partial charge in [0.1, 0.15) is 11.6 Å². The van der Waals surface area contributed by atoms with E-state index in [0.717, 1.165) is 11.6 Å². The van der Waals surface area contributed by atoms with Crippen LogP contribution in [-0.4, -0.2) is 4.57 Å². The van der Waals surface area contributed by atoms with Crippen molar-refractivity contribution in [3.8, 4) is 16.8 Å². The molecule has 0 saturated carbocycles. The Morgan fingerprint density at radius 3 is 2.58 bits per heavy atom. The van der Waals surface area contributed by atoms with Crippen LogP contribution in [0.5, 0.6) is 0 Å². The van der Waals surface area contributed by atoms with Crippen molar-refractivity contribution < 1.29 is 4.39 Å². The third-order valence-corrected chi connectivity index (χ3v) is 3.79. The number of aryl methyl sites for hydroxylation is 1. The van der Waals surface area contributed by atoms with E-state index in [2.05, 4.69) is 5.18 Å². The minimum Gasteiger partial charge on any atom is -0.385 e. The average molecular weight is 323 g/mol. The fourth-order valence-corrected chi connectivity index (χ4v) is 2.64. The van der Waals surface area contributed by atoms with Crippen molar-refractivity contribution in [3.05, 3.63) is 81.2 Å². The molecule has 0 aliphatic rings. The van der Waals surface area contributed by atoms with Crippen molar-refractivity contribution in [1.82, 2.24) is 4.57 Å². The van der Waals surface area contributed by atoms with Gasteiger partial charge in [0, 0.05) is 23.5 Å². The molecule has 0 unspecified atom stereocenters. The highest BCUT2D eigenvalue weighted by atomic mass is 19.1. The minimum atomic E-state index is -0.542. The van der Waals surface area contributed by atoms with E-state index in [1.165, 1.54) is 16.8 Å². The lowest BCUT2D eigenvalue weighted by molar-refractivity contribution is 0.630. The second-order valence-electron chi connectivity index (χ2n) is 5.39. The van der Waals surface area contributed by atoms with Gasteiger partial charge in [-0.05, 0) is 41.4 Å². The van der Waals surface area contributed by atoms with Gasteiger partial charge in [-0.1, -0.05) is 24.3 Å². The Balaban J connectivity index is 2.19. The Morgan fingerprint density at radius 1 is 1.12 bits per heavy atom. The fraction of sp³-hybridized carbons (Fsp3) is 0.0556. The van der Waals surface area contributed by atoms with Gasteiger partial charge < -0.3 is 10.3 Å².